The maximum Gasteiger partial charge on any atom is 0.222 e. The number of hydrogen-bond donors (Lipinski definition) is 0. The fraction of sp³-hybridized carbons (Fsp3) is 0.652. The minimum atomic E-state index is 0.00950. The lowest BCUT2D eigenvalue weighted by Gasteiger charge is -2.36. The highest BCUT2D eigenvalue weighted by atomic mass is 16.2. The predicted octanol–water partition coefficient (Wildman–Crippen LogP) is 4.78. The first-order valence-electron chi connectivity index (χ1n) is 10.6. The van der Waals surface area contributed by atoms with E-state index in [0.717, 1.165) is 56.2 Å². The maximum absolute atomic E-state index is 12.4. The number of Topliss-reactive ketones (excluding diaryl/α,β-unsaturated/α-hetero) is 1. The van der Waals surface area contributed by atoms with Crippen LogP contribution < -0.4 is 4.90 Å². The molecule has 1 heterocycles. The Kier molecular flexibility index (Phi) is 8.33. The SMILES string of the molecule is CC(C)CCCCCC(=O)N1CCN(c2cccc(C(=O)C(C)C)c2)CC1. The Morgan fingerprint density at radius 3 is 2.30 bits per heavy atom. The molecule has 2 rings (SSSR count). The van der Waals surface area contributed by atoms with Crippen LogP contribution in [0.2, 0.25) is 0 Å². The molecule has 1 aliphatic rings. The van der Waals surface area contributed by atoms with Gasteiger partial charge in [-0.2, -0.15) is 0 Å². The minimum Gasteiger partial charge on any atom is -0.368 e. The molecular formula is C23H36N2O2. The highest BCUT2D eigenvalue weighted by Crippen LogP contribution is 2.20. The van der Waals surface area contributed by atoms with Crippen LogP contribution in [-0.2, 0) is 4.79 Å². The largest absolute Gasteiger partial charge is 0.368 e. The third kappa shape index (κ3) is 6.67. The fourth-order valence-electron chi connectivity index (χ4n) is 3.57. The van der Waals surface area contributed by atoms with Crippen molar-refractivity contribution in [2.45, 2.75) is 59.8 Å². The molecule has 0 atom stereocenters. The summed E-state index contributed by atoms with van der Waals surface area (Å²) in [4.78, 5) is 28.9. The standard InChI is InChI=1S/C23H36N2O2/c1-18(2)9-6-5-7-12-22(26)25-15-13-24(14-16-25)21-11-8-10-20(17-21)23(27)19(3)4/h8,10-11,17-19H,5-7,9,12-16H2,1-4H3. The van der Waals surface area contributed by atoms with Gasteiger partial charge in [-0.05, 0) is 24.5 Å². The molecule has 0 saturated carbocycles. The summed E-state index contributed by atoms with van der Waals surface area (Å²) in [6.45, 7) is 11.6. The van der Waals surface area contributed by atoms with E-state index in [1.54, 1.807) is 0 Å². The van der Waals surface area contributed by atoms with E-state index in [1.807, 2.05) is 36.9 Å². The number of rotatable bonds is 9. The van der Waals surface area contributed by atoms with Gasteiger partial charge in [0.25, 0.3) is 0 Å². The van der Waals surface area contributed by atoms with Gasteiger partial charge in [-0.25, -0.2) is 0 Å². The van der Waals surface area contributed by atoms with Gasteiger partial charge in [-0.3, -0.25) is 9.59 Å². The first kappa shape index (κ1) is 21.5. The van der Waals surface area contributed by atoms with Crippen LogP contribution >= 0.6 is 0 Å². The van der Waals surface area contributed by atoms with Crippen LogP contribution in [0.3, 0.4) is 0 Å². The van der Waals surface area contributed by atoms with Crippen molar-refractivity contribution in [1.82, 2.24) is 4.90 Å². The van der Waals surface area contributed by atoms with E-state index >= 15 is 0 Å². The van der Waals surface area contributed by atoms with Crippen LogP contribution in [0, 0.1) is 11.8 Å². The monoisotopic (exact) mass is 372 g/mol. The Morgan fingerprint density at radius 2 is 1.67 bits per heavy atom. The van der Waals surface area contributed by atoms with Crippen molar-refractivity contribution in [2.24, 2.45) is 11.8 Å². The van der Waals surface area contributed by atoms with Gasteiger partial charge in [0.2, 0.25) is 5.91 Å². The van der Waals surface area contributed by atoms with Crippen molar-refractivity contribution in [3.8, 4) is 0 Å². The van der Waals surface area contributed by atoms with E-state index in [9.17, 15) is 9.59 Å². The first-order chi connectivity index (χ1) is 12.9. The number of unbranched alkanes of at least 4 members (excludes halogenated alkanes) is 2. The van der Waals surface area contributed by atoms with Crippen LogP contribution in [0.1, 0.15) is 70.2 Å². The molecule has 1 fully saturated rings. The molecule has 4 heteroatoms. The van der Waals surface area contributed by atoms with Gasteiger partial charge < -0.3 is 9.80 Å². The van der Waals surface area contributed by atoms with Crippen LogP contribution in [-0.4, -0.2) is 42.8 Å². The molecule has 0 bridgehead atoms. The Hall–Kier alpha value is -1.84. The van der Waals surface area contributed by atoms with Crippen molar-refractivity contribution in [1.29, 1.82) is 0 Å². The number of ketones is 1. The van der Waals surface area contributed by atoms with Crippen molar-refractivity contribution in [2.75, 3.05) is 31.1 Å². The lowest BCUT2D eigenvalue weighted by atomic mass is 10.0. The Balaban J connectivity index is 1.79. The van der Waals surface area contributed by atoms with Crippen molar-refractivity contribution in [3.05, 3.63) is 29.8 Å². The number of anilines is 1. The first-order valence-corrected chi connectivity index (χ1v) is 10.6. The number of piperazine rings is 1. The van der Waals surface area contributed by atoms with Gasteiger partial charge in [0.15, 0.2) is 5.78 Å². The number of nitrogens with zero attached hydrogens (tertiary/aromatic N) is 2. The molecule has 1 aromatic rings. The van der Waals surface area contributed by atoms with Crippen LogP contribution in [0.5, 0.6) is 0 Å². The van der Waals surface area contributed by atoms with E-state index in [-0.39, 0.29) is 11.7 Å². The molecule has 4 nitrogen and oxygen atoms in total. The van der Waals surface area contributed by atoms with E-state index < -0.39 is 0 Å². The highest BCUT2D eigenvalue weighted by molar-refractivity contribution is 5.98. The average molecular weight is 373 g/mol. The smallest absolute Gasteiger partial charge is 0.222 e. The summed E-state index contributed by atoms with van der Waals surface area (Å²) in [7, 11) is 0. The zero-order valence-electron chi connectivity index (χ0n) is 17.5. The maximum atomic E-state index is 12.4. The molecule has 0 radical (unpaired) electrons. The lowest BCUT2D eigenvalue weighted by Crippen LogP contribution is -2.48. The Bertz CT molecular complexity index is 617. The molecule has 150 valence electrons. The second kappa shape index (κ2) is 10.5. The van der Waals surface area contributed by atoms with Gasteiger partial charge in [0, 0.05) is 49.8 Å². The summed E-state index contributed by atoms with van der Waals surface area (Å²) in [5.41, 5.74) is 1.87. The van der Waals surface area contributed by atoms with Crippen molar-refractivity contribution < 1.29 is 9.59 Å². The van der Waals surface area contributed by atoms with Gasteiger partial charge in [-0.15, -0.1) is 0 Å². The summed E-state index contributed by atoms with van der Waals surface area (Å²) in [6, 6.07) is 7.91. The van der Waals surface area contributed by atoms with Crippen molar-refractivity contribution in [3.63, 3.8) is 0 Å². The summed E-state index contributed by atoms with van der Waals surface area (Å²) < 4.78 is 0. The van der Waals surface area contributed by atoms with Gasteiger partial charge in [0.1, 0.15) is 0 Å². The molecule has 1 amide bonds. The average Bonchev–Trinajstić information content (AvgIpc) is 2.67. The zero-order valence-corrected chi connectivity index (χ0v) is 17.5. The summed E-state index contributed by atoms with van der Waals surface area (Å²) >= 11 is 0. The third-order valence-corrected chi connectivity index (χ3v) is 5.32. The van der Waals surface area contributed by atoms with Gasteiger partial charge in [-0.1, -0.05) is 59.1 Å². The molecule has 1 aliphatic heterocycles. The molecule has 0 unspecified atom stereocenters. The number of carbonyl (C=O) groups is 2. The van der Waals surface area contributed by atoms with Crippen molar-refractivity contribution >= 4 is 17.4 Å². The number of amides is 1. The van der Waals surface area contributed by atoms with Crippen LogP contribution in [0.25, 0.3) is 0 Å². The Labute approximate surface area is 164 Å². The number of benzene rings is 1. The molecule has 0 aliphatic carbocycles. The number of carbonyl (C=O) groups excluding carboxylic acids is 2. The normalized spacial score (nSPS) is 14.9. The molecule has 0 aromatic heterocycles. The molecule has 0 spiro atoms. The molecule has 27 heavy (non-hydrogen) atoms. The Morgan fingerprint density at radius 1 is 0.963 bits per heavy atom. The van der Waals surface area contributed by atoms with E-state index in [0.29, 0.717) is 12.3 Å². The summed E-state index contributed by atoms with van der Waals surface area (Å²) in [5, 5.41) is 0. The topological polar surface area (TPSA) is 40.6 Å². The van der Waals surface area contributed by atoms with E-state index in [2.05, 4.69) is 24.8 Å². The number of hydrogen-bond acceptors (Lipinski definition) is 3. The quantitative estimate of drug-likeness (QED) is 0.463. The second-order valence-electron chi connectivity index (χ2n) is 8.43. The molecule has 1 saturated heterocycles. The van der Waals surface area contributed by atoms with E-state index in [4.69, 9.17) is 0 Å². The second-order valence-corrected chi connectivity index (χ2v) is 8.43. The highest BCUT2D eigenvalue weighted by Gasteiger charge is 2.21. The van der Waals surface area contributed by atoms with Crippen LogP contribution in [0.15, 0.2) is 24.3 Å². The summed E-state index contributed by atoms with van der Waals surface area (Å²) in [6.07, 6.45) is 5.32. The fourth-order valence-corrected chi connectivity index (χ4v) is 3.57. The van der Waals surface area contributed by atoms with Gasteiger partial charge >= 0.3 is 0 Å². The minimum absolute atomic E-state index is 0.00950. The molecule has 1 aromatic carbocycles. The molecular weight excluding hydrogens is 336 g/mol. The lowest BCUT2D eigenvalue weighted by molar-refractivity contribution is -0.131. The van der Waals surface area contributed by atoms with Crippen LogP contribution in [0.4, 0.5) is 5.69 Å². The predicted molar refractivity (Wildman–Crippen MR) is 112 cm³/mol. The van der Waals surface area contributed by atoms with Gasteiger partial charge in [0.05, 0.1) is 0 Å². The zero-order chi connectivity index (χ0) is 19.8. The third-order valence-electron chi connectivity index (χ3n) is 5.32. The summed E-state index contributed by atoms with van der Waals surface area (Å²) in [5.74, 6) is 1.24. The van der Waals surface area contributed by atoms with E-state index in [1.165, 1.54) is 12.8 Å². The molecule has 0 N–H and O–H groups in total.